The van der Waals surface area contributed by atoms with Crippen LogP contribution in [0.15, 0.2) is 76.7 Å². The summed E-state index contributed by atoms with van der Waals surface area (Å²) in [5.41, 5.74) is 4.29. The smallest absolute Gasteiger partial charge is 0.318 e. The predicted octanol–water partition coefficient (Wildman–Crippen LogP) is 7.73. The lowest BCUT2D eigenvalue weighted by Crippen LogP contribution is -2.39. The molecule has 43 heavy (non-hydrogen) atoms. The largest absolute Gasteiger partial charge is 0.417 e. The molecule has 0 aliphatic rings. The molecule has 1 amide bonds. The number of carbonyl (C=O) groups excluding carboxylic acids is 1. The van der Waals surface area contributed by atoms with E-state index in [0.717, 1.165) is 29.1 Å². The van der Waals surface area contributed by atoms with E-state index in [4.69, 9.17) is 34.8 Å². The minimum Gasteiger partial charge on any atom is -0.318 e. The maximum atomic E-state index is 13.6. The highest BCUT2D eigenvalue weighted by atomic mass is 35.5. The monoisotopic (exact) mass is 670 g/mol. The van der Waals surface area contributed by atoms with Gasteiger partial charge in [0.1, 0.15) is 6.54 Å². The van der Waals surface area contributed by atoms with Gasteiger partial charge in [-0.1, -0.05) is 52.5 Å². The zero-order valence-corrected chi connectivity index (χ0v) is 26.0. The topological polar surface area (TPSA) is 83.8 Å². The summed E-state index contributed by atoms with van der Waals surface area (Å²) in [6.45, 7) is 4.55. The Morgan fingerprint density at radius 2 is 1.58 bits per heavy atom. The Labute approximate surface area is 261 Å². The van der Waals surface area contributed by atoms with Crippen molar-refractivity contribution in [2.75, 3.05) is 10.8 Å². The average Bonchev–Trinajstić information content (AvgIpc) is 3.19. The molecule has 226 valence electrons. The fraction of sp³-hybridized carbons (Fsp3) is 0.172. The van der Waals surface area contributed by atoms with Crippen LogP contribution in [0.25, 0.3) is 5.69 Å². The molecule has 0 aliphatic heterocycles. The molecule has 0 spiro atoms. The van der Waals surface area contributed by atoms with Gasteiger partial charge in [0, 0.05) is 32.7 Å². The average molecular weight is 672 g/mol. The minimum atomic E-state index is -4.86. The Kier molecular flexibility index (Phi) is 9.51. The van der Waals surface area contributed by atoms with Crippen molar-refractivity contribution in [2.45, 2.75) is 31.8 Å². The van der Waals surface area contributed by atoms with Crippen molar-refractivity contribution in [1.29, 1.82) is 0 Å². The third-order valence-electron chi connectivity index (χ3n) is 6.41. The van der Waals surface area contributed by atoms with E-state index in [-0.39, 0.29) is 4.90 Å². The van der Waals surface area contributed by atoms with E-state index >= 15 is 0 Å². The zero-order chi connectivity index (χ0) is 31.7. The second kappa shape index (κ2) is 12.6. The highest BCUT2D eigenvalue weighted by Gasteiger charge is 2.35. The molecule has 7 nitrogen and oxygen atoms in total. The third-order valence-corrected chi connectivity index (χ3v) is 8.96. The molecule has 0 radical (unpaired) electrons. The molecule has 0 unspecified atom stereocenters. The molecule has 0 aliphatic carbocycles. The van der Waals surface area contributed by atoms with Crippen molar-refractivity contribution in [3.8, 4) is 5.69 Å². The van der Waals surface area contributed by atoms with Crippen molar-refractivity contribution in [3.05, 3.63) is 110 Å². The number of hydrazone groups is 1. The number of hydrogen-bond acceptors (Lipinski definition) is 4. The van der Waals surface area contributed by atoms with Crippen LogP contribution in [0.2, 0.25) is 15.1 Å². The molecular formula is C29H24Cl3F3N4O3S. The molecular weight excluding hydrogens is 648 g/mol. The number of amides is 1. The first kappa shape index (κ1) is 32.4. The summed E-state index contributed by atoms with van der Waals surface area (Å²) in [6.07, 6.45) is -3.49. The number of nitrogens with one attached hydrogen (secondary N) is 1. The number of hydrogen-bond donors (Lipinski definition) is 1. The molecule has 0 saturated carbocycles. The van der Waals surface area contributed by atoms with Gasteiger partial charge in [-0.2, -0.15) is 18.3 Å². The molecule has 1 N–H and O–H groups in total. The second-order valence-electron chi connectivity index (χ2n) is 9.57. The summed E-state index contributed by atoms with van der Waals surface area (Å²) < 4.78 is 70.4. The number of benzene rings is 3. The zero-order valence-electron chi connectivity index (χ0n) is 22.9. The first-order chi connectivity index (χ1) is 20.1. The van der Waals surface area contributed by atoms with Gasteiger partial charge in [-0.25, -0.2) is 13.8 Å². The van der Waals surface area contributed by atoms with Crippen LogP contribution >= 0.6 is 34.8 Å². The van der Waals surface area contributed by atoms with Crippen molar-refractivity contribution < 1.29 is 26.4 Å². The Morgan fingerprint density at radius 1 is 0.953 bits per heavy atom. The van der Waals surface area contributed by atoms with E-state index in [1.807, 2.05) is 18.4 Å². The van der Waals surface area contributed by atoms with E-state index in [1.165, 1.54) is 30.5 Å². The maximum Gasteiger partial charge on any atom is 0.417 e. The maximum absolute atomic E-state index is 13.6. The van der Waals surface area contributed by atoms with Crippen molar-refractivity contribution in [3.63, 3.8) is 0 Å². The number of nitrogens with zero attached hydrogens (tertiary/aromatic N) is 3. The van der Waals surface area contributed by atoms with Crippen LogP contribution in [0, 0.1) is 20.8 Å². The summed E-state index contributed by atoms with van der Waals surface area (Å²) in [4.78, 5) is 12.7. The van der Waals surface area contributed by atoms with Gasteiger partial charge >= 0.3 is 6.18 Å². The second-order valence-corrected chi connectivity index (χ2v) is 12.7. The molecule has 0 fully saturated rings. The highest BCUT2D eigenvalue weighted by Crippen LogP contribution is 2.38. The lowest BCUT2D eigenvalue weighted by Gasteiger charge is -2.25. The molecule has 3 aromatic carbocycles. The van der Waals surface area contributed by atoms with E-state index < -0.39 is 44.9 Å². The molecule has 0 bridgehead atoms. The highest BCUT2D eigenvalue weighted by molar-refractivity contribution is 7.92. The summed E-state index contributed by atoms with van der Waals surface area (Å²) in [7, 11) is -4.48. The minimum absolute atomic E-state index is 0.216. The molecule has 4 aromatic rings. The van der Waals surface area contributed by atoms with Crippen LogP contribution in [-0.4, -0.2) is 31.7 Å². The fourth-order valence-electron chi connectivity index (χ4n) is 4.36. The Bertz CT molecular complexity index is 1800. The van der Waals surface area contributed by atoms with Gasteiger partial charge < -0.3 is 4.57 Å². The summed E-state index contributed by atoms with van der Waals surface area (Å²) in [5.74, 6) is -0.897. The normalized spacial score (nSPS) is 12.1. The molecule has 1 aromatic heterocycles. The number of rotatable bonds is 8. The number of aromatic nitrogens is 1. The van der Waals surface area contributed by atoms with Gasteiger partial charge in [-0.15, -0.1) is 0 Å². The van der Waals surface area contributed by atoms with E-state index in [0.29, 0.717) is 31.7 Å². The van der Waals surface area contributed by atoms with Crippen LogP contribution < -0.4 is 9.73 Å². The van der Waals surface area contributed by atoms with Crippen molar-refractivity contribution >= 4 is 62.6 Å². The number of carbonyl (C=O) groups is 1. The lowest BCUT2D eigenvalue weighted by atomic mass is 10.2. The Hall–Kier alpha value is -3.51. The standard InChI is InChI=1S/C29H24Cl3F3N4O3S/c1-17-4-7-25(8-5-17)43(41,42)38(23-6-9-27(32)26(14-23)29(33,34)35)16-28(40)37-36-15-20-10-18(2)39(19(20)3)24-12-21(30)11-22(31)13-24/h4-15H,16H2,1-3H3,(H,37,40)/b36-15-. The fourth-order valence-corrected chi connectivity index (χ4v) is 6.51. The number of aryl methyl sites for hydroxylation is 2. The molecule has 0 saturated heterocycles. The number of sulfonamides is 1. The lowest BCUT2D eigenvalue weighted by molar-refractivity contribution is -0.137. The van der Waals surface area contributed by atoms with Crippen molar-refractivity contribution in [2.24, 2.45) is 5.10 Å². The van der Waals surface area contributed by atoms with Crippen LogP contribution in [0.3, 0.4) is 0 Å². The van der Waals surface area contributed by atoms with Gasteiger partial charge in [0.25, 0.3) is 15.9 Å². The Morgan fingerprint density at radius 3 is 2.19 bits per heavy atom. The first-order valence-electron chi connectivity index (χ1n) is 12.5. The predicted molar refractivity (Wildman–Crippen MR) is 163 cm³/mol. The SMILES string of the molecule is Cc1ccc(S(=O)(=O)N(CC(=O)N/N=C\c2cc(C)n(-c3cc(Cl)cc(Cl)c3)c2C)c2ccc(Cl)c(C(F)(F)F)c2)cc1. The molecule has 14 heteroatoms. The molecule has 4 rings (SSSR count). The first-order valence-corrected chi connectivity index (χ1v) is 15.1. The summed E-state index contributed by atoms with van der Waals surface area (Å²) in [5, 5.41) is 4.24. The van der Waals surface area contributed by atoms with E-state index in [2.05, 4.69) is 10.5 Å². The molecule has 0 atom stereocenters. The summed E-state index contributed by atoms with van der Waals surface area (Å²) >= 11 is 18.0. The van der Waals surface area contributed by atoms with E-state index in [9.17, 15) is 26.4 Å². The van der Waals surface area contributed by atoms with Crippen LogP contribution in [0.4, 0.5) is 18.9 Å². The number of anilines is 1. The van der Waals surface area contributed by atoms with Crippen LogP contribution in [0.5, 0.6) is 0 Å². The van der Waals surface area contributed by atoms with Gasteiger partial charge in [0.05, 0.1) is 27.4 Å². The van der Waals surface area contributed by atoms with E-state index in [1.54, 1.807) is 31.2 Å². The van der Waals surface area contributed by atoms with Gasteiger partial charge in [0.15, 0.2) is 0 Å². The van der Waals surface area contributed by atoms with Gasteiger partial charge in [-0.3, -0.25) is 9.10 Å². The Balaban J connectivity index is 1.63. The van der Waals surface area contributed by atoms with Gasteiger partial charge in [-0.05, 0) is 75.4 Å². The number of halogens is 6. The molecule has 1 heterocycles. The van der Waals surface area contributed by atoms with Crippen LogP contribution in [-0.2, 0) is 21.0 Å². The van der Waals surface area contributed by atoms with Crippen molar-refractivity contribution in [1.82, 2.24) is 9.99 Å². The third kappa shape index (κ3) is 7.35. The van der Waals surface area contributed by atoms with Crippen LogP contribution in [0.1, 0.15) is 28.1 Å². The quantitative estimate of drug-likeness (QED) is 0.154. The van der Waals surface area contributed by atoms with Gasteiger partial charge in [0.2, 0.25) is 0 Å². The summed E-state index contributed by atoms with van der Waals surface area (Å²) in [6, 6.07) is 15.2. The number of alkyl halides is 3.